The van der Waals surface area contributed by atoms with Crippen LogP contribution in [0.25, 0.3) is 0 Å². The molecule has 4 nitrogen and oxygen atoms in total. The average Bonchev–Trinajstić information content (AvgIpc) is 3.14. The van der Waals surface area contributed by atoms with E-state index in [0.717, 1.165) is 6.07 Å². The molecular formula is C16H14F4N2O2. The van der Waals surface area contributed by atoms with E-state index >= 15 is 0 Å². The van der Waals surface area contributed by atoms with Gasteiger partial charge in [-0.25, -0.2) is 4.39 Å². The lowest BCUT2D eigenvalue weighted by Gasteiger charge is -2.23. The van der Waals surface area contributed by atoms with Crippen molar-refractivity contribution in [2.24, 2.45) is 0 Å². The lowest BCUT2D eigenvalue weighted by atomic mass is 10.1. The number of aryl methyl sites for hydroxylation is 1. The van der Waals surface area contributed by atoms with Crippen LogP contribution in [-0.2, 0) is 6.18 Å². The maximum Gasteiger partial charge on any atom is 0.419 e. The number of hydrogen-bond donors (Lipinski definition) is 0. The predicted octanol–water partition coefficient (Wildman–Crippen LogP) is 4.12. The molecule has 1 unspecified atom stereocenters. The van der Waals surface area contributed by atoms with Crippen LogP contribution < -0.4 is 0 Å². The fourth-order valence-corrected chi connectivity index (χ4v) is 2.90. The highest BCUT2D eigenvalue weighted by molar-refractivity contribution is 5.94. The molecule has 1 amide bonds. The fraction of sp³-hybridized carbons (Fsp3) is 0.375. The molecule has 0 N–H and O–H groups in total. The summed E-state index contributed by atoms with van der Waals surface area (Å²) in [4.78, 5) is 14.1. The minimum atomic E-state index is -4.85. The summed E-state index contributed by atoms with van der Waals surface area (Å²) in [5, 5.41) is 3.89. The molecule has 1 atom stereocenters. The normalized spacial score (nSPS) is 18.2. The molecule has 1 aromatic heterocycles. The van der Waals surface area contributed by atoms with Gasteiger partial charge < -0.3 is 9.42 Å². The molecule has 2 heterocycles. The molecular weight excluding hydrogens is 328 g/mol. The van der Waals surface area contributed by atoms with Crippen molar-refractivity contribution < 1.29 is 26.9 Å². The van der Waals surface area contributed by atoms with Crippen LogP contribution in [0.5, 0.6) is 0 Å². The quantitative estimate of drug-likeness (QED) is 0.772. The number of nitrogens with zero attached hydrogens (tertiary/aromatic N) is 2. The number of rotatable bonds is 2. The van der Waals surface area contributed by atoms with Gasteiger partial charge in [0.1, 0.15) is 17.3 Å². The van der Waals surface area contributed by atoms with Gasteiger partial charge in [-0.15, -0.1) is 0 Å². The van der Waals surface area contributed by atoms with Crippen LogP contribution in [0.1, 0.15) is 46.3 Å². The first kappa shape index (κ1) is 16.5. The van der Waals surface area contributed by atoms with Gasteiger partial charge in [0, 0.05) is 18.2 Å². The van der Waals surface area contributed by atoms with Crippen molar-refractivity contribution in [2.45, 2.75) is 32.0 Å². The number of aromatic nitrogens is 1. The van der Waals surface area contributed by atoms with Crippen LogP contribution in [0.2, 0.25) is 0 Å². The molecule has 0 aliphatic carbocycles. The van der Waals surface area contributed by atoms with Crippen molar-refractivity contribution >= 4 is 5.91 Å². The van der Waals surface area contributed by atoms with Crippen molar-refractivity contribution in [1.29, 1.82) is 0 Å². The van der Waals surface area contributed by atoms with Gasteiger partial charge in [-0.1, -0.05) is 5.16 Å². The summed E-state index contributed by atoms with van der Waals surface area (Å²) in [6.07, 6.45) is -3.51. The Morgan fingerprint density at radius 2 is 2.08 bits per heavy atom. The molecule has 3 rings (SSSR count). The van der Waals surface area contributed by atoms with E-state index in [2.05, 4.69) is 5.16 Å². The Balaban J connectivity index is 1.91. The van der Waals surface area contributed by atoms with E-state index < -0.39 is 23.5 Å². The summed E-state index contributed by atoms with van der Waals surface area (Å²) in [5.74, 6) is -1.39. The van der Waals surface area contributed by atoms with E-state index in [0.29, 0.717) is 43.0 Å². The van der Waals surface area contributed by atoms with Crippen molar-refractivity contribution in [3.05, 3.63) is 52.7 Å². The molecule has 1 aliphatic heterocycles. The van der Waals surface area contributed by atoms with Crippen LogP contribution in [-0.4, -0.2) is 22.5 Å². The summed E-state index contributed by atoms with van der Waals surface area (Å²) >= 11 is 0. The minimum Gasteiger partial charge on any atom is -0.361 e. The summed E-state index contributed by atoms with van der Waals surface area (Å²) in [5.41, 5.74) is -1.08. The largest absolute Gasteiger partial charge is 0.419 e. The Kier molecular flexibility index (Phi) is 4.06. The predicted molar refractivity (Wildman–Crippen MR) is 75.7 cm³/mol. The van der Waals surface area contributed by atoms with Gasteiger partial charge in [-0.3, -0.25) is 4.79 Å². The molecule has 0 saturated carbocycles. The summed E-state index contributed by atoms with van der Waals surface area (Å²) < 4.78 is 56.9. The van der Waals surface area contributed by atoms with Gasteiger partial charge in [0.25, 0.3) is 5.91 Å². The second-order valence-corrected chi connectivity index (χ2v) is 5.71. The number of amides is 1. The highest BCUT2D eigenvalue weighted by Crippen LogP contribution is 2.35. The molecule has 2 aromatic rings. The highest BCUT2D eigenvalue weighted by Gasteiger charge is 2.37. The zero-order valence-electron chi connectivity index (χ0n) is 12.7. The van der Waals surface area contributed by atoms with Gasteiger partial charge in [0.15, 0.2) is 0 Å². The first-order chi connectivity index (χ1) is 11.3. The Bertz CT molecular complexity index is 770. The number of alkyl halides is 3. The van der Waals surface area contributed by atoms with Gasteiger partial charge >= 0.3 is 6.18 Å². The van der Waals surface area contributed by atoms with E-state index in [1.807, 2.05) is 0 Å². The van der Waals surface area contributed by atoms with Gasteiger partial charge in [0.2, 0.25) is 0 Å². The van der Waals surface area contributed by atoms with E-state index in [1.54, 1.807) is 13.0 Å². The molecule has 24 heavy (non-hydrogen) atoms. The second-order valence-electron chi connectivity index (χ2n) is 5.71. The lowest BCUT2D eigenvalue weighted by molar-refractivity contribution is -0.140. The third-order valence-corrected chi connectivity index (χ3v) is 4.02. The van der Waals surface area contributed by atoms with Crippen LogP contribution in [0.3, 0.4) is 0 Å². The smallest absolute Gasteiger partial charge is 0.361 e. The number of benzene rings is 1. The van der Waals surface area contributed by atoms with Crippen LogP contribution >= 0.6 is 0 Å². The molecule has 1 aliphatic rings. The fourth-order valence-electron chi connectivity index (χ4n) is 2.90. The first-order valence-electron chi connectivity index (χ1n) is 7.38. The highest BCUT2D eigenvalue weighted by atomic mass is 19.4. The average molecular weight is 342 g/mol. The van der Waals surface area contributed by atoms with E-state index in [1.165, 1.54) is 4.90 Å². The van der Waals surface area contributed by atoms with Crippen LogP contribution in [0.15, 0.2) is 28.8 Å². The molecule has 0 bridgehead atoms. The van der Waals surface area contributed by atoms with E-state index in [4.69, 9.17) is 4.52 Å². The van der Waals surface area contributed by atoms with Gasteiger partial charge in [-0.05, 0) is 38.0 Å². The number of hydrogen-bond acceptors (Lipinski definition) is 3. The van der Waals surface area contributed by atoms with Gasteiger partial charge in [-0.2, -0.15) is 13.2 Å². The number of carbonyl (C=O) groups excluding carboxylic acids is 1. The lowest BCUT2D eigenvalue weighted by Crippen LogP contribution is -2.31. The second kappa shape index (κ2) is 5.92. The molecule has 0 spiro atoms. The number of likely N-dealkylation sites (tertiary alicyclic amines) is 1. The summed E-state index contributed by atoms with van der Waals surface area (Å²) in [6.45, 7) is 2.11. The zero-order chi connectivity index (χ0) is 17.5. The summed E-state index contributed by atoms with van der Waals surface area (Å²) in [7, 11) is 0. The topological polar surface area (TPSA) is 46.3 Å². The third kappa shape index (κ3) is 3.00. The third-order valence-electron chi connectivity index (χ3n) is 4.02. The van der Waals surface area contributed by atoms with E-state index in [-0.39, 0.29) is 11.6 Å². The molecule has 1 fully saturated rings. The summed E-state index contributed by atoms with van der Waals surface area (Å²) in [6, 6.07) is 3.63. The van der Waals surface area contributed by atoms with Crippen molar-refractivity contribution in [3.63, 3.8) is 0 Å². The maximum absolute atomic E-state index is 13.4. The Morgan fingerprint density at radius 3 is 2.71 bits per heavy atom. The number of halogens is 4. The zero-order valence-corrected chi connectivity index (χ0v) is 12.7. The Morgan fingerprint density at radius 1 is 1.33 bits per heavy atom. The van der Waals surface area contributed by atoms with E-state index in [9.17, 15) is 22.4 Å². The standard InChI is InChI=1S/C16H14F4N2O2/c1-9-7-13(21-24-9)14-3-2-6-22(14)15(23)10-4-5-12(17)11(8-10)16(18,19)20/h4-5,7-8,14H,2-3,6H2,1H3. The Hall–Kier alpha value is -2.38. The van der Waals surface area contributed by atoms with Crippen molar-refractivity contribution in [2.75, 3.05) is 6.54 Å². The van der Waals surface area contributed by atoms with Gasteiger partial charge in [0.05, 0.1) is 11.6 Å². The minimum absolute atomic E-state index is 0.198. The first-order valence-corrected chi connectivity index (χ1v) is 7.38. The number of carbonyl (C=O) groups is 1. The van der Waals surface area contributed by atoms with Crippen LogP contribution in [0.4, 0.5) is 17.6 Å². The molecule has 8 heteroatoms. The molecule has 1 saturated heterocycles. The van der Waals surface area contributed by atoms with Crippen molar-refractivity contribution in [1.82, 2.24) is 10.1 Å². The van der Waals surface area contributed by atoms with Crippen molar-refractivity contribution in [3.8, 4) is 0 Å². The van der Waals surface area contributed by atoms with Crippen LogP contribution in [0, 0.1) is 12.7 Å². The SMILES string of the molecule is Cc1cc(C2CCCN2C(=O)c2ccc(F)c(C(F)(F)F)c2)no1. The monoisotopic (exact) mass is 342 g/mol. The maximum atomic E-state index is 13.4. The molecule has 128 valence electrons. The molecule has 1 aromatic carbocycles. The molecule has 0 radical (unpaired) electrons. The Labute approximate surface area is 135 Å².